The first-order valence-corrected chi connectivity index (χ1v) is 16.2. The van der Waals surface area contributed by atoms with Gasteiger partial charge in [0.2, 0.25) is 11.8 Å². The maximum Gasteiger partial charge on any atom is 0.240 e. The monoisotopic (exact) mass is 618 g/mol. The van der Waals surface area contributed by atoms with E-state index >= 15 is 0 Å². The number of anilines is 1. The summed E-state index contributed by atoms with van der Waals surface area (Å²) in [6.45, 7) is 3.01. The standard InChI is InChI=1S/C32H34N4O5S2/c1-20-8-4-5-10-24(20)36-32-29(30(34-36)26-11-7-15-42-26)31(23-16-21(39-2)12-13-25(23)40-3)43-19-28(38)35(32)18-27(37)33-17-22-9-6-14-41-22/h4-5,7-8,10-13,15-16,22,31H,6,9,14,17-19H2,1-3H3,(H,33,37). The van der Waals surface area contributed by atoms with Crippen LogP contribution in [0.5, 0.6) is 11.5 Å². The van der Waals surface area contributed by atoms with Crippen molar-refractivity contribution < 1.29 is 23.8 Å². The Bertz CT molecular complexity index is 1610. The minimum atomic E-state index is -0.334. The molecule has 0 spiro atoms. The summed E-state index contributed by atoms with van der Waals surface area (Å²) in [6, 6.07) is 17.7. The topological polar surface area (TPSA) is 94.9 Å². The summed E-state index contributed by atoms with van der Waals surface area (Å²) in [6.07, 6.45) is 1.91. The van der Waals surface area contributed by atoms with Gasteiger partial charge in [-0.15, -0.1) is 23.1 Å². The minimum absolute atomic E-state index is 0.00253. The lowest BCUT2D eigenvalue weighted by atomic mass is 10.0. The van der Waals surface area contributed by atoms with Crippen LogP contribution in [0.2, 0.25) is 0 Å². The van der Waals surface area contributed by atoms with Gasteiger partial charge in [-0.1, -0.05) is 24.3 Å². The zero-order valence-corrected chi connectivity index (χ0v) is 26.0. The van der Waals surface area contributed by atoms with Gasteiger partial charge in [-0.3, -0.25) is 14.5 Å². The van der Waals surface area contributed by atoms with Crippen molar-refractivity contribution in [1.29, 1.82) is 0 Å². The molecule has 4 heterocycles. The maximum absolute atomic E-state index is 14.0. The van der Waals surface area contributed by atoms with E-state index < -0.39 is 0 Å². The fraction of sp³-hybridized carbons (Fsp3) is 0.344. The molecule has 0 bridgehead atoms. The van der Waals surface area contributed by atoms with Crippen LogP contribution < -0.4 is 19.7 Å². The summed E-state index contributed by atoms with van der Waals surface area (Å²) in [5, 5.41) is 9.85. The normalized spacial score (nSPS) is 18.3. The Morgan fingerprint density at radius 2 is 2.00 bits per heavy atom. The van der Waals surface area contributed by atoms with E-state index in [1.54, 1.807) is 30.5 Å². The summed E-state index contributed by atoms with van der Waals surface area (Å²) in [5.74, 6) is 1.69. The fourth-order valence-electron chi connectivity index (χ4n) is 5.61. The number of hydrogen-bond acceptors (Lipinski definition) is 8. The number of benzene rings is 2. The molecule has 2 aromatic carbocycles. The third kappa shape index (κ3) is 5.89. The Hall–Kier alpha value is -3.80. The molecule has 11 heteroatoms. The van der Waals surface area contributed by atoms with Gasteiger partial charge in [0.15, 0.2) is 0 Å². The fourth-order valence-corrected chi connectivity index (χ4v) is 7.54. The van der Waals surface area contributed by atoms with E-state index in [0.29, 0.717) is 30.5 Å². The lowest BCUT2D eigenvalue weighted by molar-refractivity contribution is -0.123. The summed E-state index contributed by atoms with van der Waals surface area (Å²) < 4.78 is 18.9. The Labute approximate surface area is 259 Å². The number of hydrogen-bond donors (Lipinski definition) is 1. The van der Waals surface area contributed by atoms with Gasteiger partial charge in [0.25, 0.3) is 0 Å². The van der Waals surface area contributed by atoms with Crippen molar-refractivity contribution in [3.63, 3.8) is 0 Å². The Morgan fingerprint density at radius 1 is 1.14 bits per heavy atom. The number of fused-ring (bicyclic) bond motifs is 1. The second-order valence-corrected chi connectivity index (χ2v) is 12.5. The number of carbonyl (C=O) groups excluding carboxylic acids is 2. The summed E-state index contributed by atoms with van der Waals surface area (Å²) in [5.41, 5.74) is 4.30. The second-order valence-electron chi connectivity index (χ2n) is 10.5. The van der Waals surface area contributed by atoms with E-state index in [1.165, 1.54) is 11.8 Å². The third-order valence-corrected chi connectivity index (χ3v) is 9.87. The van der Waals surface area contributed by atoms with Crippen LogP contribution in [0.15, 0.2) is 60.0 Å². The highest BCUT2D eigenvalue weighted by Crippen LogP contribution is 2.51. The van der Waals surface area contributed by atoms with Crippen molar-refractivity contribution in [1.82, 2.24) is 15.1 Å². The molecular formula is C32H34N4O5S2. The van der Waals surface area contributed by atoms with E-state index in [1.807, 2.05) is 71.6 Å². The number of thioether (sulfide) groups is 1. The van der Waals surface area contributed by atoms with Crippen LogP contribution in [-0.4, -0.2) is 67.4 Å². The van der Waals surface area contributed by atoms with Crippen molar-refractivity contribution in [2.45, 2.75) is 31.1 Å². The molecule has 1 saturated heterocycles. The first-order valence-electron chi connectivity index (χ1n) is 14.2. The largest absolute Gasteiger partial charge is 0.497 e. The molecule has 4 aromatic rings. The van der Waals surface area contributed by atoms with Gasteiger partial charge in [0, 0.05) is 24.3 Å². The van der Waals surface area contributed by atoms with E-state index in [0.717, 1.165) is 45.8 Å². The smallest absolute Gasteiger partial charge is 0.240 e. The predicted molar refractivity (Wildman–Crippen MR) is 170 cm³/mol. The first kappa shape index (κ1) is 29.3. The zero-order valence-electron chi connectivity index (χ0n) is 24.4. The van der Waals surface area contributed by atoms with Crippen molar-refractivity contribution in [3.05, 3.63) is 76.7 Å². The predicted octanol–water partition coefficient (Wildman–Crippen LogP) is 5.39. The van der Waals surface area contributed by atoms with Crippen LogP contribution in [-0.2, 0) is 14.3 Å². The van der Waals surface area contributed by atoms with E-state index in [2.05, 4.69) is 5.32 Å². The van der Waals surface area contributed by atoms with Crippen molar-refractivity contribution in [2.24, 2.45) is 0 Å². The lowest BCUT2D eigenvalue weighted by Gasteiger charge is -2.24. The van der Waals surface area contributed by atoms with Gasteiger partial charge in [-0.2, -0.15) is 5.10 Å². The quantitative estimate of drug-likeness (QED) is 0.269. The minimum Gasteiger partial charge on any atom is -0.497 e. The van der Waals surface area contributed by atoms with Crippen molar-refractivity contribution in [3.8, 4) is 27.8 Å². The summed E-state index contributed by atoms with van der Waals surface area (Å²) in [7, 11) is 3.27. The van der Waals surface area contributed by atoms with Crippen molar-refractivity contribution in [2.75, 3.05) is 44.6 Å². The molecule has 43 heavy (non-hydrogen) atoms. The molecule has 2 atom stereocenters. The van der Waals surface area contributed by atoms with Gasteiger partial charge in [-0.05, 0) is 61.0 Å². The molecule has 0 radical (unpaired) electrons. The molecule has 0 saturated carbocycles. The third-order valence-electron chi connectivity index (χ3n) is 7.76. The number of nitrogens with one attached hydrogen (secondary N) is 1. The number of para-hydroxylation sites is 1. The molecule has 224 valence electrons. The SMILES string of the molecule is COc1ccc(OC)c(C2SCC(=O)N(CC(=O)NCC3CCCO3)c3c2c(-c2cccs2)nn3-c2ccccc2C)c1. The molecule has 1 fully saturated rings. The molecule has 9 nitrogen and oxygen atoms in total. The summed E-state index contributed by atoms with van der Waals surface area (Å²) in [4.78, 5) is 29.9. The van der Waals surface area contributed by atoms with Crippen LogP contribution in [0.4, 0.5) is 5.82 Å². The van der Waals surface area contributed by atoms with Gasteiger partial charge < -0.3 is 19.5 Å². The number of rotatable bonds is 9. The zero-order chi connectivity index (χ0) is 29.9. The number of ether oxygens (including phenoxy) is 3. The maximum atomic E-state index is 14.0. The van der Waals surface area contributed by atoms with Crippen molar-refractivity contribution >= 4 is 40.7 Å². The number of carbonyl (C=O) groups is 2. The second kappa shape index (κ2) is 12.8. The Morgan fingerprint density at radius 3 is 2.72 bits per heavy atom. The van der Waals surface area contributed by atoms with E-state index in [4.69, 9.17) is 19.3 Å². The molecule has 6 rings (SSSR count). The molecule has 2 unspecified atom stereocenters. The van der Waals surface area contributed by atoms with Gasteiger partial charge in [0.05, 0.1) is 41.9 Å². The van der Waals surface area contributed by atoms with Crippen LogP contribution >= 0.6 is 23.1 Å². The van der Waals surface area contributed by atoms with Crippen LogP contribution in [0.3, 0.4) is 0 Å². The highest BCUT2D eigenvalue weighted by Gasteiger charge is 2.39. The summed E-state index contributed by atoms with van der Waals surface area (Å²) >= 11 is 3.08. The van der Waals surface area contributed by atoms with Crippen LogP contribution in [0, 0.1) is 6.92 Å². The Balaban J connectivity index is 1.55. The molecule has 0 aliphatic carbocycles. The number of thiophene rings is 1. The highest BCUT2D eigenvalue weighted by molar-refractivity contribution is 8.00. The highest BCUT2D eigenvalue weighted by atomic mass is 32.2. The molecule has 1 N–H and O–H groups in total. The number of aryl methyl sites for hydroxylation is 1. The average molecular weight is 619 g/mol. The molecule has 2 aliphatic rings. The van der Waals surface area contributed by atoms with E-state index in [9.17, 15) is 9.59 Å². The van der Waals surface area contributed by atoms with Crippen LogP contribution in [0.25, 0.3) is 16.3 Å². The lowest BCUT2D eigenvalue weighted by Crippen LogP contribution is -2.44. The number of amides is 2. The number of aromatic nitrogens is 2. The Kier molecular flexibility index (Phi) is 8.73. The van der Waals surface area contributed by atoms with Gasteiger partial charge in [0.1, 0.15) is 29.6 Å². The number of nitrogens with zero attached hydrogens (tertiary/aromatic N) is 3. The number of methoxy groups -OCH3 is 2. The molecule has 2 aliphatic heterocycles. The molecule has 2 aromatic heterocycles. The molecular weight excluding hydrogens is 585 g/mol. The van der Waals surface area contributed by atoms with Crippen LogP contribution in [0.1, 0.15) is 34.8 Å². The first-order chi connectivity index (χ1) is 21.0. The average Bonchev–Trinajstić information content (AvgIpc) is 3.80. The van der Waals surface area contributed by atoms with Gasteiger partial charge >= 0.3 is 0 Å². The van der Waals surface area contributed by atoms with Gasteiger partial charge in [-0.25, -0.2) is 4.68 Å². The molecule has 2 amide bonds. The van der Waals surface area contributed by atoms with E-state index in [-0.39, 0.29) is 35.5 Å².